The molecule has 3 rings (SSSR count). The van der Waals surface area contributed by atoms with Gasteiger partial charge in [-0.2, -0.15) is 4.31 Å². The molecule has 0 spiro atoms. The second-order valence-electron chi connectivity index (χ2n) is 7.08. The van der Waals surface area contributed by atoms with Gasteiger partial charge in [-0.3, -0.25) is 14.9 Å². The van der Waals surface area contributed by atoms with Crippen LogP contribution in [0.3, 0.4) is 0 Å². The molecule has 1 aliphatic heterocycles. The third-order valence-corrected chi connectivity index (χ3v) is 7.18. The van der Waals surface area contributed by atoms with Crippen LogP contribution in [0.4, 0.5) is 11.4 Å². The SMILES string of the molecule is O=C(CCc1ccc(S(=O)(=O)N2CCCCC2)cc1)Nc1ccc(Cl)c([N+](=O)[O-])c1. The van der Waals surface area contributed by atoms with Gasteiger partial charge in [0.2, 0.25) is 15.9 Å². The summed E-state index contributed by atoms with van der Waals surface area (Å²) in [6.07, 6.45) is 3.36. The van der Waals surface area contributed by atoms with Crippen molar-refractivity contribution in [3.8, 4) is 0 Å². The Bertz CT molecular complexity index is 1030. The zero-order chi connectivity index (χ0) is 21.7. The van der Waals surface area contributed by atoms with Gasteiger partial charge in [-0.05, 0) is 49.1 Å². The number of amides is 1. The smallest absolute Gasteiger partial charge is 0.289 e. The molecule has 0 radical (unpaired) electrons. The minimum atomic E-state index is -3.48. The standard InChI is InChI=1S/C20H22ClN3O5S/c21-18-10-7-16(14-19(18)24(26)27)22-20(25)11-6-15-4-8-17(9-5-15)30(28,29)23-12-2-1-3-13-23/h4-5,7-10,14H,1-3,6,11-13H2,(H,22,25). The average Bonchev–Trinajstić information content (AvgIpc) is 2.74. The lowest BCUT2D eigenvalue weighted by molar-refractivity contribution is -0.384. The Balaban J connectivity index is 1.58. The van der Waals surface area contributed by atoms with Crippen LogP contribution in [0, 0.1) is 10.1 Å². The molecule has 0 aromatic heterocycles. The summed E-state index contributed by atoms with van der Waals surface area (Å²) in [5, 5.41) is 13.5. The molecule has 1 amide bonds. The molecule has 1 fully saturated rings. The van der Waals surface area contributed by atoms with Crippen LogP contribution in [0.15, 0.2) is 47.4 Å². The summed E-state index contributed by atoms with van der Waals surface area (Å²) in [5.41, 5.74) is 0.837. The maximum absolute atomic E-state index is 12.7. The Kier molecular flexibility index (Phi) is 7.06. The zero-order valence-electron chi connectivity index (χ0n) is 16.2. The lowest BCUT2D eigenvalue weighted by Gasteiger charge is -2.25. The number of rotatable bonds is 7. The number of anilines is 1. The number of piperidine rings is 1. The first-order valence-corrected chi connectivity index (χ1v) is 11.4. The topological polar surface area (TPSA) is 110 Å². The minimum Gasteiger partial charge on any atom is -0.326 e. The molecular weight excluding hydrogens is 430 g/mol. The van der Waals surface area contributed by atoms with E-state index in [1.807, 2.05) is 0 Å². The van der Waals surface area contributed by atoms with Crippen molar-refractivity contribution in [2.75, 3.05) is 18.4 Å². The number of carbonyl (C=O) groups excluding carboxylic acids is 1. The average molecular weight is 452 g/mol. The van der Waals surface area contributed by atoms with Gasteiger partial charge in [0.05, 0.1) is 9.82 Å². The molecule has 8 nitrogen and oxygen atoms in total. The van der Waals surface area contributed by atoms with Gasteiger partial charge in [-0.15, -0.1) is 0 Å². The van der Waals surface area contributed by atoms with Crippen LogP contribution in [-0.4, -0.2) is 36.6 Å². The van der Waals surface area contributed by atoms with E-state index in [9.17, 15) is 23.3 Å². The van der Waals surface area contributed by atoms with Gasteiger partial charge in [0.15, 0.2) is 0 Å². The van der Waals surface area contributed by atoms with Gasteiger partial charge < -0.3 is 5.32 Å². The van der Waals surface area contributed by atoms with Gasteiger partial charge >= 0.3 is 0 Å². The molecule has 2 aromatic carbocycles. The quantitative estimate of drug-likeness (QED) is 0.505. The molecule has 160 valence electrons. The normalized spacial score (nSPS) is 15.0. The van der Waals surface area contributed by atoms with E-state index in [1.54, 1.807) is 24.3 Å². The number of nitro benzene ring substituents is 1. The molecule has 10 heteroatoms. The highest BCUT2D eigenvalue weighted by atomic mass is 35.5. The highest BCUT2D eigenvalue weighted by Gasteiger charge is 2.25. The van der Waals surface area contributed by atoms with Crippen molar-refractivity contribution in [2.24, 2.45) is 0 Å². The molecule has 0 atom stereocenters. The van der Waals surface area contributed by atoms with Crippen molar-refractivity contribution in [3.63, 3.8) is 0 Å². The van der Waals surface area contributed by atoms with Gasteiger partial charge in [0, 0.05) is 31.3 Å². The van der Waals surface area contributed by atoms with Gasteiger partial charge in [0.25, 0.3) is 5.69 Å². The van der Waals surface area contributed by atoms with Crippen LogP contribution in [0.25, 0.3) is 0 Å². The van der Waals surface area contributed by atoms with Gasteiger partial charge in [0.1, 0.15) is 5.02 Å². The number of hydrogen-bond acceptors (Lipinski definition) is 5. The molecule has 1 N–H and O–H groups in total. The van der Waals surface area contributed by atoms with Crippen molar-refractivity contribution in [1.82, 2.24) is 4.31 Å². The van der Waals surface area contributed by atoms with E-state index >= 15 is 0 Å². The lowest BCUT2D eigenvalue weighted by atomic mass is 10.1. The second kappa shape index (κ2) is 9.55. The molecule has 0 unspecified atom stereocenters. The van der Waals surface area contributed by atoms with Crippen molar-refractivity contribution in [3.05, 3.63) is 63.2 Å². The summed E-state index contributed by atoms with van der Waals surface area (Å²) < 4.78 is 26.9. The Morgan fingerprint density at radius 2 is 1.77 bits per heavy atom. The highest BCUT2D eigenvalue weighted by Crippen LogP contribution is 2.27. The van der Waals surface area contributed by atoms with E-state index in [4.69, 9.17) is 11.6 Å². The van der Waals surface area contributed by atoms with Crippen LogP contribution >= 0.6 is 11.6 Å². The third kappa shape index (κ3) is 5.35. The Labute approximate surface area is 180 Å². The molecule has 0 saturated carbocycles. The minimum absolute atomic E-state index is 0.00223. The van der Waals surface area contributed by atoms with Crippen LogP contribution in [0.2, 0.25) is 5.02 Å². The monoisotopic (exact) mass is 451 g/mol. The van der Waals surface area contributed by atoms with Crippen molar-refractivity contribution < 1.29 is 18.1 Å². The number of nitrogens with one attached hydrogen (secondary N) is 1. The number of hydrogen-bond donors (Lipinski definition) is 1. The fourth-order valence-electron chi connectivity index (χ4n) is 3.29. The summed E-state index contributed by atoms with van der Waals surface area (Å²) in [6, 6.07) is 10.6. The lowest BCUT2D eigenvalue weighted by Crippen LogP contribution is -2.35. The second-order valence-corrected chi connectivity index (χ2v) is 9.43. The molecule has 1 aliphatic rings. The van der Waals surface area contributed by atoms with E-state index in [-0.39, 0.29) is 27.9 Å². The van der Waals surface area contributed by atoms with Crippen LogP contribution < -0.4 is 5.32 Å². The summed E-state index contributed by atoms with van der Waals surface area (Å²) in [5.74, 6) is -0.309. The van der Waals surface area contributed by atoms with Crippen molar-refractivity contribution in [1.29, 1.82) is 0 Å². The number of halogens is 1. The number of nitrogens with zero attached hydrogens (tertiary/aromatic N) is 2. The fraction of sp³-hybridized carbons (Fsp3) is 0.350. The van der Waals surface area contributed by atoms with Crippen LogP contribution in [-0.2, 0) is 21.2 Å². The maximum atomic E-state index is 12.7. The maximum Gasteiger partial charge on any atom is 0.289 e. The van der Waals surface area contributed by atoms with Gasteiger partial charge in [-0.25, -0.2) is 8.42 Å². The molecule has 0 bridgehead atoms. The number of sulfonamides is 1. The predicted octanol–water partition coefficient (Wildman–Crippen LogP) is 3.99. The Hall–Kier alpha value is -2.49. The highest BCUT2D eigenvalue weighted by molar-refractivity contribution is 7.89. The summed E-state index contributed by atoms with van der Waals surface area (Å²) in [6.45, 7) is 1.10. The summed E-state index contributed by atoms with van der Waals surface area (Å²) in [4.78, 5) is 22.7. The molecule has 1 saturated heterocycles. The Morgan fingerprint density at radius 1 is 1.10 bits per heavy atom. The summed E-state index contributed by atoms with van der Waals surface area (Å²) in [7, 11) is -3.48. The largest absolute Gasteiger partial charge is 0.326 e. The number of aryl methyl sites for hydroxylation is 1. The Morgan fingerprint density at radius 3 is 2.40 bits per heavy atom. The van der Waals surface area contributed by atoms with E-state index in [0.29, 0.717) is 25.2 Å². The number of carbonyl (C=O) groups is 1. The van der Waals surface area contributed by atoms with E-state index in [1.165, 1.54) is 22.5 Å². The first kappa shape index (κ1) is 22.2. The number of benzene rings is 2. The molecular formula is C20H22ClN3O5S. The van der Waals surface area contributed by atoms with Crippen molar-refractivity contribution in [2.45, 2.75) is 37.0 Å². The molecule has 1 heterocycles. The molecule has 0 aliphatic carbocycles. The third-order valence-electron chi connectivity index (χ3n) is 4.94. The molecule has 30 heavy (non-hydrogen) atoms. The first-order chi connectivity index (χ1) is 14.3. The zero-order valence-corrected chi connectivity index (χ0v) is 17.8. The van der Waals surface area contributed by atoms with E-state index in [2.05, 4.69) is 5.32 Å². The fourth-order valence-corrected chi connectivity index (χ4v) is 5.00. The van der Waals surface area contributed by atoms with E-state index in [0.717, 1.165) is 24.8 Å². The van der Waals surface area contributed by atoms with Crippen LogP contribution in [0.5, 0.6) is 0 Å². The number of nitro groups is 1. The molecule has 2 aromatic rings. The first-order valence-electron chi connectivity index (χ1n) is 9.60. The van der Waals surface area contributed by atoms with E-state index < -0.39 is 14.9 Å². The summed E-state index contributed by atoms with van der Waals surface area (Å²) >= 11 is 5.76. The van der Waals surface area contributed by atoms with Gasteiger partial charge in [-0.1, -0.05) is 30.2 Å². The predicted molar refractivity (Wildman–Crippen MR) is 114 cm³/mol. The van der Waals surface area contributed by atoms with Crippen LogP contribution in [0.1, 0.15) is 31.2 Å². The van der Waals surface area contributed by atoms with Crippen molar-refractivity contribution >= 4 is 38.9 Å².